The number of amides is 1. The van der Waals surface area contributed by atoms with Crippen LogP contribution in [0.3, 0.4) is 0 Å². The zero-order chi connectivity index (χ0) is 16.2. The summed E-state index contributed by atoms with van der Waals surface area (Å²) in [5, 5.41) is 0.749. The molecule has 3 atom stereocenters. The van der Waals surface area contributed by atoms with Crippen molar-refractivity contribution in [3.63, 3.8) is 0 Å². The van der Waals surface area contributed by atoms with Crippen molar-refractivity contribution in [1.29, 1.82) is 0 Å². The van der Waals surface area contributed by atoms with Crippen LogP contribution in [0, 0.1) is 5.92 Å². The maximum Gasteiger partial charge on any atom is 0.226 e. The summed E-state index contributed by atoms with van der Waals surface area (Å²) in [5.74, 6) is 0.439. The quantitative estimate of drug-likeness (QED) is 0.817. The number of nitrogens with two attached hydrogens (primary N) is 1. The number of halogens is 2. The van der Waals surface area contributed by atoms with Crippen molar-refractivity contribution in [3.8, 4) is 0 Å². The predicted molar refractivity (Wildman–Crippen MR) is 102 cm³/mol. The average Bonchev–Trinajstić information content (AvgIpc) is 2.81. The molecule has 5 heteroatoms. The highest BCUT2D eigenvalue weighted by Gasteiger charge is 2.33. The predicted octanol–water partition coefficient (Wildman–Crippen LogP) is 4.72. The Labute approximate surface area is 156 Å². The molecule has 3 rings (SSSR count). The maximum atomic E-state index is 13.1. The largest absolute Gasteiger partial charge is 0.335 e. The summed E-state index contributed by atoms with van der Waals surface area (Å²) in [4.78, 5) is 15.3. The van der Waals surface area contributed by atoms with Gasteiger partial charge in [0.05, 0.1) is 6.04 Å². The molecule has 1 saturated carbocycles. The molecule has 1 amide bonds. The lowest BCUT2D eigenvalue weighted by molar-refractivity contribution is -0.139. The van der Waals surface area contributed by atoms with E-state index in [0.29, 0.717) is 5.91 Å². The lowest BCUT2D eigenvalue weighted by atomic mass is 9.84. The first kappa shape index (κ1) is 19.6. The van der Waals surface area contributed by atoms with Crippen LogP contribution in [-0.4, -0.2) is 23.4 Å². The van der Waals surface area contributed by atoms with Gasteiger partial charge < -0.3 is 10.6 Å². The summed E-state index contributed by atoms with van der Waals surface area (Å²) in [7, 11) is 0. The van der Waals surface area contributed by atoms with Crippen LogP contribution in [-0.2, 0) is 4.79 Å². The first-order chi connectivity index (χ1) is 11.1. The highest BCUT2D eigenvalue weighted by molar-refractivity contribution is 6.30. The highest BCUT2D eigenvalue weighted by Crippen LogP contribution is 2.34. The number of hydrogen-bond donors (Lipinski definition) is 1. The van der Waals surface area contributed by atoms with E-state index < -0.39 is 0 Å². The normalized spacial score (nSPS) is 27.9. The van der Waals surface area contributed by atoms with Gasteiger partial charge in [-0.2, -0.15) is 0 Å². The first-order valence-corrected chi connectivity index (χ1v) is 9.34. The first-order valence-electron chi connectivity index (χ1n) is 8.96. The third-order valence-corrected chi connectivity index (χ3v) is 5.61. The Hall–Kier alpha value is -0.770. The monoisotopic (exact) mass is 370 g/mol. The van der Waals surface area contributed by atoms with E-state index in [-0.39, 0.29) is 30.4 Å². The molecule has 1 aromatic rings. The zero-order valence-corrected chi connectivity index (χ0v) is 15.7. The summed E-state index contributed by atoms with van der Waals surface area (Å²) >= 11 is 6.03. The maximum absolute atomic E-state index is 13.1. The molecular weight excluding hydrogens is 343 g/mol. The molecule has 1 aromatic carbocycles. The Balaban J connectivity index is 0.00000208. The van der Waals surface area contributed by atoms with E-state index in [1.807, 2.05) is 12.1 Å². The molecule has 0 spiro atoms. The van der Waals surface area contributed by atoms with Crippen LogP contribution in [0.4, 0.5) is 0 Å². The van der Waals surface area contributed by atoms with Gasteiger partial charge in [0.25, 0.3) is 0 Å². The van der Waals surface area contributed by atoms with Gasteiger partial charge >= 0.3 is 0 Å². The van der Waals surface area contributed by atoms with Crippen LogP contribution in [0.25, 0.3) is 0 Å². The molecule has 0 radical (unpaired) electrons. The number of rotatable bonds is 2. The highest BCUT2D eigenvalue weighted by atomic mass is 35.5. The fourth-order valence-electron chi connectivity index (χ4n) is 4.09. The van der Waals surface area contributed by atoms with Gasteiger partial charge in [0, 0.05) is 23.5 Å². The molecule has 2 N–H and O–H groups in total. The second-order valence-electron chi connectivity index (χ2n) is 7.07. The van der Waals surface area contributed by atoms with Gasteiger partial charge in [0.1, 0.15) is 0 Å². The van der Waals surface area contributed by atoms with E-state index in [1.54, 1.807) is 0 Å². The fraction of sp³-hybridized carbons (Fsp3) is 0.632. The summed E-state index contributed by atoms with van der Waals surface area (Å²) < 4.78 is 0. The number of carbonyl (C=O) groups is 1. The molecule has 2 aliphatic rings. The Morgan fingerprint density at radius 1 is 1.04 bits per heavy atom. The molecule has 0 bridgehead atoms. The van der Waals surface area contributed by atoms with E-state index in [2.05, 4.69) is 17.0 Å². The van der Waals surface area contributed by atoms with Crippen molar-refractivity contribution in [3.05, 3.63) is 34.9 Å². The van der Waals surface area contributed by atoms with Gasteiger partial charge in [-0.25, -0.2) is 0 Å². The molecule has 2 fully saturated rings. The van der Waals surface area contributed by atoms with Crippen LogP contribution < -0.4 is 5.73 Å². The number of likely N-dealkylation sites (tertiary alicyclic amines) is 1. The summed E-state index contributed by atoms with van der Waals surface area (Å²) in [6.45, 7) is 0.873. The van der Waals surface area contributed by atoms with Crippen molar-refractivity contribution in [2.75, 3.05) is 6.54 Å². The zero-order valence-electron chi connectivity index (χ0n) is 14.1. The molecule has 0 aromatic heterocycles. The number of hydrogen-bond acceptors (Lipinski definition) is 2. The van der Waals surface area contributed by atoms with E-state index in [0.717, 1.165) is 50.1 Å². The summed E-state index contributed by atoms with van der Waals surface area (Å²) in [5.41, 5.74) is 7.31. The van der Waals surface area contributed by atoms with E-state index in [1.165, 1.54) is 18.4 Å². The molecular formula is C19H28Cl2N2O. The third kappa shape index (κ3) is 4.65. The van der Waals surface area contributed by atoms with Crippen molar-refractivity contribution >= 4 is 29.9 Å². The molecule has 3 nitrogen and oxygen atoms in total. The minimum atomic E-state index is 0. The van der Waals surface area contributed by atoms with Gasteiger partial charge in [0.15, 0.2) is 0 Å². The number of carbonyl (C=O) groups excluding carboxylic acids is 1. The molecule has 1 saturated heterocycles. The van der Waals surface area contributed by atoms with Crippen LogP contribution in [0.1, 0.15) is 63.0 Å². The molecule has 1 aliphatic carbocycles. The lowest BCUT2D eigenvalue weighted by Gasteiger charge is -2.36. The third-order valence-electron chi connectivity index (χ3n) is 5.35. The van der Waals surface area contributed by atoms with Crippen molar-refractivity contribution in [2.24, 2.45) is 11.7 Å². The lowest BCUT2D eigenvalue weighted by Crippen LogP contribution is -2.42. The van der Waals surface area contributed by atoms with Crippen molar-refractivity contribution in [1.82, 2.24) is 4.90 Å². The van der Waals surface area contributed by atoms with Crippen LogP contribution >= 0.6 is 24.0 Å². The van der Waals surface area contributed by atoms with Gasteiger partial charge in [0.2, 0.25) is 5.91 Å². The van der Waals surface area contributed by atoms with Crippen molar-refractivity contribution in [2.45, 2.75) is 63.5 Å². The minimum Gasteiger partial charge on any atom is -0.335 e. The van der Waals surface area contributed by atoms with Crippen LogP contribution in [0.15, 0.2) is 24.3 Å². The minimum absolute atomic E-state index is 0. The molecule has 3 unspecified atom stereocenters. The SMILES string of the molecule is Cl.NC1CCCC(C(=O)N2CCCCCC2c2ccc(Cl)cc2)C1. The Kier molecular flexibility index (Phi) is 7.39. The van der Waals surface area contributed by atoms with E-state index >= 15 is 0 Å². The Bertz CT molecular complexity index is 535. The van der Waals surface area contributed by atoms with Crippen molar-refractivity contribution < 1.29 is 4.79 Å². The number of nitrogens with zero attached hydrogens (tertiary/aromatic N) is 1. The summed E-state index contributed by atoms with van der Waals surface area (Å²) in [6.07, 6.45) is 8.53. The second kappa shape index (κ2) is 9.07. The van der Waals surface area contributed by atoms with Gasteiger partial charge in [-0.05, 0) is 49.8 Å². The second-order valence-corrected chi connectivity index (χ2v) is 7.51. The smallest absolute Gasteiger partial charge is 0.226 e. The topological polar surface area (TPSA) is 46.3 Å². The molecule has 134 valence electrons. The Morgan fingerprint density at radius 2 is 1.79 bits per heavy atom. The standard InChI is InChI=1S/C19H27ClN2O.ClH/c20-16-10-8-14(9-11-16)18-7-2-1-3-12-22(18)19(23)15-5-4-6-17(21)13-15;/h8-11,15,17-18H,1-7,12-13,21H2;1H. The van der Waals surface area contributed by atoms with E-state index in [9.17, 15) is 4.79 Å². The van der Waals surface area contributed by atoms with Gasteiger partial charge in [-0.1, -0.05) is 43.0 Å². The molecule has 1 aliphatic heterocycles. The van der Waals surface area contributed by atoms with E-state index in [4.69, 9.17) is 17.3 Å². The van der Waals surface area contributed by atoms with Crippen LogP contribution in [0.5, 0.6) is 0 Å². The Morgan fingerprint density at radius 3 is 2.50 bits per heavy atom. The molecule has 24 heavy (non-hydrogen) atoms. The number of benzene rings is 1. The summed E-state index contributed by atoms with van der Waals surface area (Å²) in [6, 6.07) is 8.40. The van der Waals surface area contributed by atoms with Crippen LogP contribution in [0.2, 0.25) is 5.02 Å². The fourth-order valence-corrected chi connectivity index (χ4v) is 4.22. The van der Waals surface area contributed by atoms with Gasteiger partial charge in [-0.15, -0.1) is 12.4 Å². The molecule has 1 heterocycles. The average molecular weight is 371 g/mol. The van der Waals surface area contributed by atoms with Gasteiger partial charge in [-0.3, -0.25) is 4.79 Å².